The molecule has 1 aliphatic heterocycles. The monoisotopic (exact) mass is 511 g/mol. The number of likely N-dealkylation sites (tertiary alicyclic amines) is 1. The fourth-order valence-corrected chi connectivity index (χ4v) is 4.21. The maximum Gasteiger partial charge on any atom is 0.257 e. The van der Waals surface area contributed by atoms with Gasteiger partial charge in [0.15, 0.2) is 0 Å². The number of rotatable bonds is 7. The van der Waals surface area contributed by atoms with E-state index in [-0.39, 0.29) is 11.8 Å². The van der Waals surface area contributed by atoms with E-state index in [1.807, 2.05) is 6.07 Å². The molecule has 1 aliphatic rings. The predicted octanol–water partition coefficient (Wildman–Crippen LogP) is 5.08. The van der Waals surface area contributed by atoms with Crippen molar-refractivity contribution in [2.24, 2.45) is 0 Å². The smallest absolute Gasteiger partial charge is 0.257 e. The number of benzene rings is 2. The number of anilines is 2. The summed E-state index contributed by atoms with van der Waals surface area (Å²) in [6.45, 7) is 2.87. The molecule has 2 amide bonds. The van der Waals surface area contributed by atoms with Gasteiger partial charge in [0.25, 0.3) is 11.8 Å². The minimum atomic E-state index is -0.355. The van der Waals surface area contributed by atoms with Crippen LogP contribution in [0.3, 0.4) is 0 Å². The number of nitrogens with zero attached hydrogens (tertiary/aromatic N) is 2. The van der Waals surface area contributed by atoms with E-state index in [1.165, 1.54) is 0 Å². The molecular formula is C26H27Cl2N5O2. The maximum atomic E-state index is 12.7. The number of carbonyl (C=O) groups is 2. The molecule has 4 rings (SSSR count). The Morgan fingerprint density at radius 1 is 0.971 bits per heavy atom. The molecule has 3 aromatic rings. The molecule has 7 nitrogen and oxygen atoms in total. The molecule has 3 N–H and O–H groups in total. The van der Waals surface area contributed by atoms with Crippen LogP contribution >= 0.6 is 23.2 Å². The van der Waals surface area contributed by atoms with E-state index in [1.54, 1.807) is 54.7 Å². The fourth-order valence-electron chi connectivity index (χ4n) is 3.85. The first-order chi connectivity index (χ1) is 16.9. The second kappa shape index (κ2) is 11.6. The molecule has 2 heterocycles. The summed E-state index contributed by atoms with van der Waals surface area (Å²) in [5, 5.41) is 9.93. The highest BCUT2D eigenvalue weighted by molar-refractivity contribution is 6.34. The van der Waals surface area contributed by atoms with Crippen molar-refractivity contribution in [3.8, 4) is 0 Å². The van der Waals surface area contributed by atoms with Gasteiger partial charge < -0.3 is 20.9 Å². The van der Waals surface area contributed by atoms with Gasteiger partial charge in [-0.2, -0.15) is 0 Å². The molecule has 9 heteroatoms. The van der Waals surface area contributed by atoms with E-state index in [4.69, 9.17) is 23.2 Å². The Balaban J connectivity index is 1.34. The average Bonchev–Trinajstić information content (AvgIpc) is 2.86. The second-order valence-electron chi connectivity index (χ2n) is 8.61. The lowest BCUT2D eigenvalue weighted by molar-refractivity contribution is 0.101. The summed E-state index contributed by atoms with van der Waals surface area (Å²) < 4.78 is 0. The standard InChI is InChI=1S/C26H27Cl2N5O2/c1-33-11-9-20(10-12-33)30-16-22-6-5-18(15-29-22)26(35)31-21-7-8-23(28)24(14-21)32-25(34)17-3-2-4-19(27)13-17/h2-8,13-15,20,30H,9-12,16H2,1H3,(H,31,35)(H,32,34). The Labute approximate surface area is 214 Å². The van der Waals surface area contributed by atoms with Gasteiger partial charge >= 0.3 is 0 Å². The van der Waals surface area contributed by atoms with Gasteiger partial charge in [-0.15, -0.1) is 0 Å². The number of aromatic nitrogens is 1. The molecule has 0 unspecified atom stereocenters. The molecular weight excluding hydrogens is 485 g/mol. The molecule has 2 aromatic carbocycles. The minimum Gasteiger partial charge on any atom is -0.322 e. The van der Waals surface area contributed by atoms with Crippen LogP contribution in [-0.4, -0.2) is 47.9 Å². The number of amides is 2. The van der Waals surface area contributed by atoms with E-state index < -0.39 is 0 Å². The van der Waals surface area contributed by atoms with Crippen molar-refractivity contribution in [3.63, 3.8) is 0 Å². The fraction of sp³-hybridized carbons (Fsp3) is 0.269. The summed E-state index contributed by atoms with van der Waals surface area (Å²) in [6.07, 6.45) is 3.82. The van der Waals surface area contributed by atoms with Gasteiger partial charge in [0.2, 0.25) is 0 Å². The van der Waals surface area contributed by atoms with Crippen molar-refractivity contribution in [3.05, 3.63) is 87.7 Å². The molecule has 182 valence electrons. The highest BCUT2D eigenvalue weighted by Gasteiger charge is 2.16. The number of carbonyl (C=O) groups excluding carboxylic acids is 2. The molecule has 1 fully saturated rings. The summed E-state index contributed by atoms with van der Waals surface area (Å²) in [7, 11) is 2.14. The first-order valence-electron chi connectivity index (χ1n) is 11.4. The number of piperidine rings is 1. The van der Waals surface area contributed by atoms with Crippen molar-refractivity contribution in [2.75, 3.05) is 30.8 Å². The summed E-state index contributed by atoms with van der Waals surface area (Å²) in [5.41, 5.74) is 2.60. The number of halogens is 2. The summed E-state index contributed by atoms with van der Waals surface area (Å²) >= 11 is 12.2. The third-order valence-corrected chi connectivity index (χ3v) is 6.50. The largest absolute Gasteiger partial charge is 0.322 e. The minimum absolute atomic E-state index is 0.304. The number of hydrogen-bond donors (Lipinski definition) is 3. The van der Waals surface area contributed by atoms with Gasteiger partial charge in [0.05, 0.1) is 22.0 Å². The van der Waals surface area contributed by atoms with Crippen molar-refractivity contribution < 1.29 is 9.59 Å². The Kier molecular flexibility index (Phi) is 8.36. The molecule has 0 spiro atoms. The number of hydrogen-bond acceptors (Lipinski definition) is 5. The Morgan fingerprint density at radius 3 is 2.46 bits per heavy atom. The van der Waals surface area contributed by atoms with Crippen LogP contribution in [0.2, 0.25) is 10.0 Å². The normalized spacial score (nSPS) is 14.5. The number of nitrogens with one attached hydrogen (secondary N) is 3. The molecule has 0 aliphatic carbocycles. The Morgan fingerprint density at radius 2 is 1.74 bits per heavy atom. The highest BCUT2D eigenvalue weighted by atomic mass is 35.5. The van der Waals surface area contributed by atoms with E-state index in [0.29, 0.717) is 45.1 Å². The van der Waals surface area contributed by atoms with Crippen molar-refractivity contribution in [1.29, 1.82) is 0 Å². The lowest BCUT2D eigenvalue weighted by Gasteiger charge is -2.29. The Hall–Kier alpha value is -2.97. The summed E-state index contributed by atoms with van der Waals surface area (Å²) in [6, 6.07) is 15.6. The predicted molar refractivity (Wildman–Crippen MR) is 140 cm³/mol. The molecule has 0 atom stereocenters. The van der Waals surface area contributed by atoms with Crippen LogP contribution in [0.25, 0.3) is 0 Å². The molecule has 35 heavy (non-hydrogen) atoms. The molecule has 1 saturated heterocycles. The van der Waals surface area contributed by atoms with Crippen LogP contribution in [0.5, 0.6) is 0 Å². The van der Waals surface area contributed by atoms with Gasteiger partial charge in [0.1, 0.15) is 0 Å². The zero-order chi connectivity index (χ0) is 24.8. The SMILES string of the molecule is CN1CCC(NCc2ccc(C(=O)Nc3ccc(Cl)c(NC(=O)c4cccc(Cl)c4)c3)cn2)CC1. The molecule has 0 bridgehead atoms. The zero-order valence-electron chi connectivity index (χ0n) is 19.4. The van der Waals surface area contributed by atoms with Crippen LogP contribution in [0.15, 0.2) is 60.8 Å². The van der Waals surface area contributed by atoms with Crippen LogP contribution in [0, 0.1) is 0 Å². The van der Waals surface area contributed by atoms with Crippen molar-refractivity contribution in [2.45, 2.75) is 25.4 Å². The zero-order valence-corrected chi connectivity index (χ0v) is 20.9. The van der Waals surface area contributed by atoms with E-state index in [0.717, 1.165) is 31.6 Å². The van der Waals surface area contributed by atoms with Crippen LogP contribution in [-0.2, 0) is 6.54 Å². The van der Waals surface area contributed by atoms with Crippen LogP contribution < -0.4 is 16.0 Å². The second-order valence-corrected chi connectivity index (χ2v) is 9.45. The van der Waals surface area contributed by atoms with Gasteiger partial charge in [0, 0.05) is 35.1 Å². The van der Waals surface area contributed by atoms with Gasteiger partial charge in [-0.05, 0) is 81.5 Å². The van der Waals surface area contributed by atoms with Gasteiger partial charge in [-0.3, -0.25) is 14.6 Å². The van der Waals surface area contributed by atoms with Crippen molar-refractivity contribution in [1.82, 2.24) is 15.2 Å². The first-order valence-corrected chi connectivity index (χ1v) is 12.2. The molecule has 0 radical (unpaired) electrons. The third-order valence-electron chi connectivity index (χ3n) is 5.94. The van der Waals surface area contributed by atoms with E-state index >= 15 is 0 Å². The van der Waals surface area contributed by atoms with E-state index in [9.17, 15) is 9.59 Å². The molecule has 0 saturated carbocycles. The summed E-state index contributed by atoms with van der Waals surface area (Å²) in [4.78, 5) is 32.0. The van der Waals surface area contributed by atoms with Crippen LogP contribution in [0.4, 0.5) is 11.4 Å². The third kappa shape index (κ3) is 7.02. The first kappa shape index (κ1) is 25.1. The highest BCUT2D eigenvalue weighted by Crippen LogP contribution is 2.27. The van der Waals surface area contributed by atoms with E-state index in [2.05, 4.69) is 32.9 Å². The van der Waals surface area contributed by atoms with Crippen molar-refractivity contribution >= 4 is 46.4 Å². The number of pyridine rings is 1. The maximum absolute atomic E-state index is 12.7. The van der Waals surface area contributed by atoms with Gasteiger partial charge in [-0.1, -0.05) is 29.3 Å². The topological polar surface area (TPSA) is 86.4 Å². The lowest BCUT2D eigenvalue weighted by Crippen LogP contribution is -2.40. The molecule has 1 aromatic heterocycles. The van der Waals surface area contributed by atoms with Gasteiger partial charge in [-0.25, -0.2) is 0 Å². The lowest BCUT2D eigenvalue weighted by atomic mass is 10.1. The van der Waals surface area contributed by atoms with Crippen LogP contribution in [0.1, 0.15) is 39.3 Å². The quantitative estimate of drug-likeness (QED) is 0.411. The summed E-state index contributed by atoms with van der Waals surface area (Å²) in [5.74, 6) is -0.659. The average molecular weight is 512 g/mol. The Bertz CT molecular complexity index is 1190.